The molecule has 0 aliphatic rings. The minimum atomic E-state index is 0.0956. The minimum Gasteiger partial charge on any atom is -0.497 e. The molecule has 1 N–H and O–H groups in total. The lowest BCUT2D eigenvalue weighted by Gasteiger charge is -2.15. The lowest BCUT2D eigenvalue weighted by Crippen LogP contribution is -2.22. The number of methoxy groups -OCH3 is 1. The van der Waals surface area contributed by atoms with E-state index in [4.69, 9.17) is 9.84 Å². The summed E-state index contributed by atoms with van der Waals surface area (Å²) in [5, 5.41) is 17.2. The smallest absolute Gasteiger partial charge is 0.151 e. The van der Waals surface area contributed by atoms with E-state index in [0.29, 0.717) is 6.54 Å². The predicted molar refractivity (Wildman–Crippen MR) is 74.4 cm³/mol. The summed E-state index contributed by atoms with van der Waals surface area (Å²) in [6.45, 7) is 0.634. The molecule has 0 saturated heterocycles. The second-order valence-corrected chi connectivity index (χ2v) is 4.15. The fraction of sp³-hybridized carbons (Fsp3) is 0.286. The molecule has 0 unspecified atom stereocenters. The van der Waals surface area contributed by atoms with E-state index >= 15 is 0 Å². The van der Waals surface area contributed by atoms with Crippen LogP contribution in [0.1, 0.15) is 0 Å². The molecule has 0 bridgehead atoms. The summed E-state index contributed by atoms with van der Waals surface area (Å²) in [5.74, 6) is 1.56. The highest BCUT2D eigenvalue weighted by Gasteiger charge is 2.04. The molecular formula is C14H17N3O2. The van der Waals surface area contributed by atoms with Gasteiger partial charge in [0.05, 0.1) is 19.4 Å². The van der Waals surface area contributed by atoms with Crippen LogP contribution < -0.4 is 9.64 Å². The monoisotopic (exact) mass is 259 g/mol. The summed E-state index contributed by atoms with van der Waals surface area (Å²) in [7, 11) is 3.51. The molecule has 1 heterocycles. The number of hydrogen-bond donors (Lipinski definition) is 1. The van der Waals surface area contributed by atoms with Crippen molar-refractivity contribution >= 4 is 5.82 Å². The zero-order valence-corrected chi connectivity index (χ0v) is 11.1. The van der Waals surface area contributed by atoms with Crippen LogP contribution in [-0.4, -0.2) is 42.6 Å². The molecular weight excluding hydrogens is 242 g/mol. The first-order chi connectivity index (χ1) is 9.24. The summed E-state index contributed by atoms with van der Waals surface area (Å²) in [6.07, 6.45) is 0. The Morgan fingerprint density at radius 3 is 2.37 bits per heavy atom. The molecule has 2 aromatic rings. The molecule has 1 aromatic carbocycles. The van der Waals surface area contributed by atoms with Gasteiger partial charge in [-0.05, 0) is 36.4 Å². The van der Waals surface area contributed by atoms with Crippen LogP contribution in [0, 0.1) is 0 Å². The predicted octanol–water partition coefficient (Wildman–Crippen LogP) is 1.58. The normalized spacial score (nSPS) is 10.3. The van der Waals surface area contributed by atoms with E-state index in [1.165, 1.54) is 0 Å². The van der Waals surface area contributed by atoms with E-state index in [-0.39, 0.29) is 6.61 Å². The Balaban J connectivity index is 2.17. The van der Waals surface area contributed by atoms with Gasteiger partial charge in [-0.2, -0.15) is 0 Å². The summed E-state index contributed by atoms with van der Waals surface area (Å²) >= 11 is 0. The van der Waals surface area contributed by atoms with E-state index in [2.05, 4.69) is 10.2 Å². The van der Waals surface area contributed by atoms with Gasteiger partial charge in [-0.15, -0.1) is 10.2 Å². The number of rotatable bonds is 5. The molecule has 100 valence electrons. The lowest BCUT2D eigenvalue weighted by atomic mass is 10.1. The first-order valence-electron chi connectivity index (χ1n) is 6.04. The summed E-state index contributed by atoms with van der Waals surface area (Å²) < 4.78 is 5.12. The first kappa shape index (κ1) is 13.3. The maximum absolute atomic E-state index is 8.88. The third-order valence-electron chi connectivity index (χ3n) is 2.86. The van der Waals surface area contributed by atoms with Crippen molar-refractivity contribution in [3.05, 3.63) is 36.4 Å². The highest BCUT2D eigenvalue weighted by Crippen LogP contribution is 2.21. The number of aromatic nitrogens is 2. The fourth-order valence-corrected chi connectivity index (χ4v) is 1.71. The average Bonchev–Trinajstić information content (AvgIpc) is 2.48. The van der Waals surface area contributed by atoms with E-state index in [9.17, 15) is 0 Å². The Morgan fingerprint density at radius 1 is 1.11 bits per heavy atom. The molecule has 0 aliphatic carbocycles. The molecule has 19 heavy (non-hydrogen) atoms. The second-order valence-electron chi connectivity index (χ2n) is 4.15. The third kappa shape index (κ3) is 3.20. The van der Waals surface area contributed by atoms with Crippen molar-refractivity contribution in [1.29, 1.82) is 0 Å². The van der Waals surface area contributed by atoms with Gasteiger partial charge in [0.15, 0.2) is 5.82 Å². The van der Waals surface area contributed by atoms with Gasteiger partial charge < -0.3 is 14.7 Å². The topological polar surface area (TPSA) is 58.5 Å². The van der Waals surface area contributed by atoms with Crippen molar-refractivity contribution in [1.82, 2.24) is 10.2 Å². The van der Waals surface area contributed by atoms with Gasteiger partial charge in [0.2, 0.25) is 0 Å². The van der Waals surface area contributed by atoms with Crippen molar-refractivity contribution in [2.24, 2.45) is 0 Å². The van der Waals surface area contributed by atoms with Crippen molar-refractivity contribution in [3.8, 4) is 17.0 Å². The second kappa shape index (κ2) is 6.15. The molecule has 0 saturated carbocycles. The highest BCUT2D eigenvalue weighted by molar-refractivity contribution is 5.60. The van der Waals surface area contributed by atoms with Crippen LogP contribution in [0.3, 0.4) is 0 Å². The maximum atomic E-state index is 8.88. The number of anilines is 1. The van der Waals surface area contributed by atoms with Crippen LogP contribution >= 0.6 is 0 Å². The quantitative estimate of drug-likeness (QED) is 0.883. The SMILES string of the molecule is COc1ccc(-c2ccc(N(C)CCO)nn2)cc1. The molecule has 0 aliphatic heterocycles. The van der Waals surface area contributed by atoms with Crippen molar-refractivity contribution in [3.63, 3.8) is 0 Å². The molecule has 0 amide bonds. The molecule has 0 radical (unpaired) electrons. The average molecular weight is 259 g/mol. The van der Waals surface area contributed by atoms with Gasteiger partial charge in [-0.25, -0.2) is 0 Å². The number of ether oxygens (including phenoxy) is 1. The van der Waals surface area contributed by atoms with Gasteiger partial charge in [0.25, 0.3) is 0 Å². The van der Waals surface area contributed by atoms with Gasteiger partial charge in [0, 0.05) is 19.2 Å². The van der Waals surface area contributed by atoms with Crippen LogP contribution in [0.15, 0.2) is 36.4 Å². The highest BCUT2D eigenvalue weighted by atomic mass is 16.5. The van der Waals surface area contributed by atoms with Crippen LogP contribution in [0.2, 0.25) is 0 Å². The van der Waals surface area contributed by atoms with E-state index in [1.807, 2.05) is 48.3 Å². The molecule has 5 heteroatoms. The summed E-state index contributed by atoms with van der Waals surface area (Å²) in [6, 6.07) is 11.5. The summed E-state index contributed by atoms with van der Waals surface area (Å²) in [4.78, 5) is 1.85. The van der Waals surface area contributed by atoms with E-state index in [0.717, 1.165) is 22.8 Å². The van der Waals surface area contributed by atoms with E-state index in [1.54, 1.807) is 7.11 Å². The Morgan fingerprint density at radius 2 is 1.84 bits per heavy atom. The van der Waals surface area contributed by atoms with Crippen LogP contribution in [-0.2, 0) is 0 Å². The Kier molecular flexibility index (Phi) is 4.30. The number of likely N-dealkylation sites (N-methyl/N-ethyl adjacent to an activating group) is 1. The van der Waals surface area contributed by atoms with Gasteiger partial charge in [0.1, 0.15) is 5.75 Å². The van der Waals surface area contributed by atoms with Crippen LogP contribution in [0.5, 0.6) is 5.75 Å². The van der Waals surface area contributed by atoms with Crippen molar-refractivity contribution in [2.75, 3.05) is 32.2 Å². The standard InChI is InChI=1S/C14H17N3O2/c1-17(9-10-18)14-8-7-13(15-16-14)11-3-5-12(19-2)6-4-11/h3-8,18H,9-10H2,1-2H3. The lowest BCUT2D eigenvalue weighted by molar-refractivity contribution is 0.303. The number of nitrogens with zero attached hydrogens (tertiary/aromatic N) is 3. The fourth-order valence-electron chi connectivity index (χ4n) is 1.71. The minimum absolute atomic E-state index is 0.0956. The third-order valence-corrected chi connectivity index (χ3v) is 2.86. The maximum Gasteiger partial charge on any atom is 0.151 e. The molecule has 1 aromatic heterocycles. The van der Waals surface area contributed by atoms with Gasteiger partial charge in [-0.3, -0.25) is 0 Å². The number of aliphatic hydroxyl groups excluding tert-OH is 1. The van der Waals surface area contributed by atoms with E-state index < -0.39 is 0 Å². The van der Waals surface area contributed by atoms with Crippen LogP contribution in [0.4, 0.5) is 5.82 Å². The van der Waals surface area contributed by atoms with Crippen molar-refractivity contribution < 1.29 is 9.84 Å². The van der Waals surface area contributed by atoms with Gasteiger partial charge in [-0.1, -0.05) is 0 Å². The largest absolute Gasteiger partial charge is 0.497 e. The zero-order chi connectivity index (χ0) is 13.7. The van der Waals surface area contributed by atoms with Crippen LogP contribution in [0.25, 0.3) is 11.3 Å². The zero-order valence-electron chi connectivity index (χ0n) is 11.1. The first-order valence-corrected chi connectivity index (χ1v) is 6.04. The number of benzene rings is 1. The Hall–Kier alpha value is -2.14. The van der Waals surface area contributed by atoms with Gasteiger partial charge >= 0.3 is 0 Å². The number of aliphatic hydroxyl groups is 1. The molecule has 0 fully saturated rings. The number of hydrogen-bond acceptors (Lipinski definition) is 5. The molecule has 5 nitrogen and oxygen atoms in total. The Bertz CT molecular complexity index is 511. The molecule has 2 rings (SSSR count). The van der Waals surface area contributed by atoms with Crippen molar-refractivity contribution in [2.45, 2.75) is 0 Å². The Labute approximate surface area is 112 Å². The summed E-state index contributed by atoms with van der Waals surface area (Å²) in [5.41, 5.74) is 1.80. The molecule has 0 atom stereocenters. The molecule has 0 spiro atoms.